The minimum Gasteiger partial charge on any atom is -0.299 e. The standard InChI is InChI=1S/C21H18O3/c22-15-19(11-17-7-3-1-4-8-17)13-21(24)14-20(16-23)12-18-9-5-2-6-10-18/h1-12,15-16H,13-14H2/b19-11+,20-12+. The van der Waals surface area contributed by atoms with Crippen LogP contribution in [0.4, 0.5) is 0 Å². The van der Waals surface area contributed by atoms with Gasteiger partial charge in [-0.25, -0.2) is 0 Å². The van der Waals surface area contributed by atoms with E-state index in [0.29, 0.717) is 23.7 Å². The van der Waals surface area contributed by atoms with E-state index in [0.717, 1.165) is 11.1 Å². The van der Waals surface area contributed by atoms with Crippen molar-refractivity contribution in [3.8, 4) is 0 Å². The van der Waals surface area contributed by atoms with Gasteiger partial charge in [0.25, 0.3) is 0 Å². The molecule has 0 bridgehead atoms. The molecule has 0 spiro atoms. The molecule has 3 heteroatoms. The van der Waals surface area contributed by atoms with E-state index in [9.17, 15) is 14.4 Å². The van der Waals surface area contributed by atoms with E-state index in [-0.39, 0.29) is 18.6 Å². The lowest BCUT2D eigenvalue weighted by molar-refractivity contribution is -0.119. The molecule has 3 nitrogen and oxygen atoms in total. The van der Waals surface area contributed by atoms with Gasteiger partial charge >= 0.3 is 0 Å². The first-order valence-electron chi connectivity index (χ1n) is 7.64. The molecule has 0 atom stereocenters. The lowest BCUT2D eigenvalue weighted by atomic mass is 10.0. The summed E-state index contributed by atoms with van der Waals surface area (Å²) in [7, 11) is 0. The van der Waals surface area contributed by atoms with Crippen molar-refractivity contribution in [2.45, 2.75) is 12.8 Å². The molecule has 0 N–H and O–H groups in total. The molecule has 0 aliphatic rings. The van der Waals surface area contributed by atoms with Crippen molar-refractivity contribution >= 4 is 30.5 Å². The molecule has 0 aromatic heterocycles. The van der Waals surface area contributed by atoms with Crippen LogP contribution in [-0.2, 0) is 14.4 Å². The van der Waals surface area contributed by atoms with Gasteiger partial charge in [-0.1, -0.05) is 60.7 Å². The van der Waals surface area contributed by atoms with Crippen LogP contribution in [0.25, 0.3) is 12.2 Å². The Morgan fingerprint density at radius 3 is 1.38 bits per heavy atom. The molecule has 0 saturated heterocycles. The molecular weight excluding hydrogens is 300 g/mol. The highest BCUT2D eigenvalue weighted by atomic mass is 16.1. The number of aldehydes is 2. The van der Waals surface area contributed by atoms with E-state index in [1.54, 1.807) is 12.2 Å². The van der Waals surface area contributed by atoms with Gasteiger partial charge in [-0.05, 0) is 34.4 Å². The predicted octanol–water partition coefficient (Wildman–Crippen LogP) is 3.90. The molecule has 0 aliphatic carbocycles. The molecule has 0 radical (unpaired) electrons. The fourth-order valence-electron chi connectivity index (χ4n) is 2.30. The minimum absolute atomic E-state index is 0.0123. The predicted molar refractivity (Wildman–Crippen MR) is 95.2 cm³/mol. The Balaban J connectivity index is 2.05. The molecule has 2 rings (SSSR count). The second-order valence-corrected chi connectivity index (χ2v) is 5.39. The highest BCUT2D eigenvalue weighted by Crippen LogP contribution is 2.13. The normalized spacial score (nSPS) is 11.8. The van der Waals surface area contributed by atoms with E-state index in [2.05, 4.69) is 0 Å². The number of rotatable bonds is 8. The van der Waals surface area contributed by atoms with Gasteiger partial charge in [0.2, 0.25) is 0 Å². The van der Waals surface area contributed by atoms with Crippen molar-refractivity contribution in [3.05, 3.63) is 82.9 Å². The zero-order chi connectivity index (χ0) is 17.2. The highest BCUT2D eigenvalue weighted by Gasteiger charge is 2.09. The zero-order valence-corrected chi connectivity index (χ0v) is 13.2. The molecule has 0 aliphatic heterocycles. The molecular formula is C21H18O3. The summed E-state index contributed by atoms with van der Waals surface area (Å²) in [6, 6.07) is 18.7. The number of ketones is 1. The first kappa shape index (κ1) is 17.3. The summed E-state index contributed by atoms with van der Waals surface area (Å²) in [5.41, 5.74) is 2.53. The monoisotopic (exact) mass is 318 g/mol. The van der Waals surface area contributed by atoms with Gasteiger partial charge in [-0.2, -0.15) is 0 Å². The summed E-state index contributed by atoms with van der Waals surface area (Å²) >= 11 is 0. The van der Waals surface area contributed by atoms with Crippen LogP contribution < -0.4 is 0 Å². The summed E-state index contributed by atoms with van der Waals surface area (Å²) in [5.74, 6) is -0.168. The average Bonchev–Trinajstić information content (AvgIpc) is 2.62. The van der Waals surface area contributed by atoms with Gasteiger partial charge < -0.3 is 0 Å². The maximum atomic E-state index is 12.2. The van der Waals surface area contributed by atoms with Crippen LogP contribution in [-0.4, -0.2) is 18.4 Å². The Bertz CT molecular complexity index is 691. The molecule has 0 unspecified atom stereocenters. The third-order valence-corrected chi connectivity index (χ3v) is 3.41. The number of benzene rings is 2. The van der Waals surface area contributed by atoms with Gasteiger partial charge in [0.1, 0.15) is 18.4 Å². The van der Waals surface area contributed by atoms with E-state index in [4.69, 9.17) is 0 Å². The summed E-state index contributed by atoms with van der Waals surface area (Å²) < 4.78 is 0. The van der Waals surface area contributed by atoms with E-state index in [1.165, 1.54) is 0 Å². The minimum atomic E-state index is -0.168. The zero-order valence-electron chi connectivity index (χ0n) is 13.2. The number of Topliss-reactive ketones (excluding diaryl/α,β-unsaturated/α-hetero) is 1. The maximum Gasteiger partial charge on any atom is 0.146 e. The van der Waals surface area contributed by atoms with Crippen molar-refractivity contribution in [1.82, 2.24) is 0 Å². The van der Waals surface area contributed by atoms with Crippen LogP contribution >= 0.6 is 0 Å². The number of allylic oxidation sites excluding steroid dienone is 2. The third kappa shape index (κ3) is 5.61. The first-order valence-corrected chi connectivity index (χ1v) is 7.64. The van der Waals surface area contributed by atoms with Crippen molar-refractivity contribution < 1.29 is 14.4 Å². The first-order chi connectivity index (χ1) is 11.7. The van der Waals surface area contributed by atoms with Crippen molar-refractivity contribution in [3.63, 3.8) is 0 Å². The van der Waals surface area contributed by atoms with Gasteiger partial charge in [0, 0.05) is 12.8 Å². The number of carbonyl (C=O) groups excluding carboxylic acids is 3. The van der Waals surface area contributed by atoms with E-state index in [1.807, 2.05) is 60.7 Å². The number of carbonyl (C=O) groups is 3. The second kappa shape index (κ2) is 9.16. The molecule has 0 heterocycles. The summed E-state index contributed by atoms with van der Waals surface area (Å²) in [4.78, 5) is 34.5. The van der Waals surface area contributed by atoms with Gasteiger partial charge in [0.15, 0.2) is 0 Å². The Morgan fingerprint density at radius 2 is 1.04 bits per heavy atom. The topological polar surface area (TPSA) is 51.2 Å². The summed E-state index contributed by atoms with van der Waals surface area (Å²) in [6.07, 6.45) is 4.77. The fourth-order valence-corrected chi connectivity index (χ4v) is 2.30. The molecule has 120 valence electrons. The molecule has 24 heavy (non-hydrogen) atoms. The van der Waals surface area contributed by atoms with Crippen LogP contribution in [0.2, 0.25) is 0 Å². The third-order valence-electron chi connectivity index (χ3n) is 3.41. The largest absolute Gasteiger partial charge is 0.299 e. The molecule has 2 aromatic carbocycles. The van der Waals surface area contributed by atoms with Crippen LogP contribution in [0, 0.1) is 0 Å². The van der Waals surface area contributed by atoms with Crippen molar-refractivity contribution in [2.24, 2.45) is 0 Å². The highest BCUT2D eigenvalue weighted by molar-refractivity contribution is 5.97. The van der Waals surface area contributed by atoms with Crippen molar-refractivity contribution in [1.29, 1.82) is 0 Å². The average molecular weight is 318 g/mol. The van der Waals surface area contributed by atoms with E-state index >= 15 is 0 Å². The summed E-state index contributed by atoms with van der Waals surface area (Å²) in [6.45, 7) is 0. The Kier molecular flexibility index (Phi) is 6.59. The Hall–Kier alpha value is -3.07. The van der Waals surface area contributed by atoms with Crippen LogP contribution in [0.15, 0.2) is 71.8 Å². The maximum absolute atomic E-state index is 12.2. The number of hydrogen-bond donors (Lipinski definition) is 0. The lowest BCUT2D eigenvalue weighted by Crippen LogP contribution is -2.03. The quantitative estimate of drug-likeness (QED) is 0.548. The second-order valence-electron chi connectivity index (χ2n) is 5.39. The van der Waals surface area contributed by atoms with Crippen LogP contribution in [0.1, 0.15) is 24.0 Å². The van der Waals surface area contributed by atoms with Crippen LogP contribution in [0.3, 0.4) is 0 Å². The fraction of sp³-hybridized carbons (Fsp3) is 0.0952. The van der Waals surface area contributed by atoms with Gasteiger partial charge in [-0.15, -0.1) is 0 Å². The van der Waals surface area contributed by atoms with Gasteiger partial charge in [0.05, 0.1) is 0 Å². The molecule has 0 fully saturated rings. The van der Waals surface area contributed by atoms with E-state index < -0.39 is 0 Å². The smallest absolute Gasteiger partial charge is 0.146 e. The van der Waals surface area contributed by atoms with Gasteiger partial charge in [-0.3, -0.25) is 14.4 Å². The SMILES string of the molecule is O=C/C(=C/c1ccccc1)CC(=O)C/C(C=O)=C\c1ccccc1. The molecule has 0 amide bonds. The van der Waals surface area contributed by atoms with Crippen LogP contribution in [0.5, 0.6) is 0 Å². The molecule has 2 aromatic rings. The summed E-state index contributed by atoms with van der Waals surface area (Å²) in [5, 5.41) is 0. The Morgan fingerprint density at radius 1 is 0.667 bits per heavy atom. The molecule has 0 saturated carbocycles. The number of hydrogen-bond acceptors (Lipinski definition) is 3. The lowest BCUT2D eigenvalue weighted by Gasteiger charge is -2.02. The Labute approximate surface area is 141 Å². The van der Waals surface area contributed by atoms with Crippen molar-refractivity contribution in [2.75, 3.05) is 0 Å².